The largest absolute Gasteiger partial charge is 0.394 e. The van der Waals surface area contributed by atoms with Crippen LogP contribution in [0.2, 0.25) is 0 Å². The van der Waals surface area contributed by atoms with Crippen molar-refractivity contribution in [1.82, 2.24) is 15.4 Å². The molecular weight excluding hydrogens is 270 g/mol. The van der Waals surface area contributed by atoms with Gasteiger partial charge in [-0.2, -0.15) is 0 Å². The van der Waals surface area contributed by atoms with Crippen LogP contribution < -0.4 is 5.32 Å². The van der Waals surface area contributed by atoms with E-state index in [1.54, 1.807) is 7.05 Å². The number of hydrogen-bond acceptors (Lipinski definition) is 5. The lowest BCUT2D eigenvalue weighted by atomic mass is 9.92. The first-order valence-electron chi connectivity index (χ1n) is 7.53. The fourth-order valence-electron chi connectivity index (χ4n) is 2.93. The van der Waals surface area contributed by atoms with Gasteiger partial charge >= 0.3 is 0 Å². The van der Waals surface area contributed by atoms with Crippen molar-refractivity contribution in [2.45, 2.75) is 51.1 Å². The van der Waals surface area contributed by atoms with Gasteiger partial charge in [0.15, 0.2) is 5.76 Å². The number of rotatable bonds is 6. The number of nitrogens with one attached hydrogen (secondary N) is 1. The molecule has 2 heterocycles. The molecule has 0 spiro atoms. The van der Waals surface area contributed by atoms with Gasteiger partial charge < -0.3 is 14.9 Å². The number of amides is 1. The molecule has 118 valence electrons. The summed E-state index contributed by atoms with van der Waals surface area (Å²) in [7, 11) is 1.62. The van der Waals surface area contributed by atoms with E-state index >= 15 is 0 Å². The summed E-state index contributed by atoms with van der Waals surface area (Å²) < 4.78 is 5.38. The van der Waals surface area contributed by atoms with Gasteiger partial charge in [0.1, 0.15) is 0 Å². The summed E-state index contributed by atoms with van der Waals surface area (Å²) in [6.45, 7) is 5.56. The zero-order chi connectivity index (χ0) is 15.5. The first-order valence-corrected chi connectivity index (χ1v) is 7.53. The van der Waals surface area contributed by atoms with Crippen LogP contribution in [0.25, 0.3) is 0 Å². The van der Waals surface area contributed by atoms with Crippen LogP contribution in [0.1, 0.15) is 50.5 Å². The Bertz CT molecular complexity index is 486. The number of hydrogen-bond donors (Lipinski definition) is 2. The van der Waals surface area contributed by atoms with E-state index in [4.69, 9.17) is 4.52 Å². The van der Waals surface area contributed by atoms with Gasteiger partial charge in [-0.05, 0) is 25.3 Å². The molecule has 1 saturated heterocycles. The van der Waals surface area contributed by atoms with Crippen molar-refractivity contribution in [3.8, 4) is 0 Å². The third kappa shape index (κ3) is 3.44. The Hall–Kier alpha value is -1.40. The van der Waals surface area contributed by atoms with Gasteiger partial charge in [0.2, 0.25) is 5.91 Å². The predicted octanol–water partition coefficient (Wildman–Crippen LogP) is 1.26. The number of likely N-dealkylation sites (tertiary alicyclic amines) is 1. The molecule has 0 aliphatic carbocycles. The van der Waals surface area contributed by atoms with E-state index in [-0.39, 0.29) is 12.5 Å². The van der Waals surface area contributed by atoms with Crippen molar-refractivity contribution in [2.75, 3.05) is 20.2 Å². The van der Waals surface area contributed by atoms with Gasteiger partial charge in [-0.3, -0.25) is 9.69 Å². The lowest BCUT2D eigenvalue weighted by molar-refractivity contribution is -0.124. The van der Waals surface area contributed by atoms with Crippen molar-refractivity contribution in [3.63, 3.8) is 0 Å². The van der Waals surface area contributed by atoms with Gasteiger partial charge in [-0.15, -0.1) is 0 Å². The first-order chi connectivity index (χ1) is 10.0. The molecule has 1 aromatic heterocycles. The van der Waals surface area contributed by atoms with Crippen molar-refractivity contribution >= 4 is 5.91 Å². The summed E-state index contributed by atoms with van der Waals surface area (Å²) in [4.78, 5) is 13.9. The van der Waals surface area contributed by atoms with Gasteiger partial charge in [0, 0.05) is 19.5 Å². The third-order valence-corrected chi connectivity index (χ3v) is 4.32. The van der Waals surface area contributed by atoms with E-state index in [1.165, 1.54) is 0 Å². The molecule has 1 aliphatic heterocycles. The van der Waals surface area contributed by atoms with E-state index in [9.17, 15) is 9.90 Å². The maximum atomic E-state index is 11.7. The van der Waals surface area contributed by atoms with Crippen LogP contribution in [0, 0.1) is 0 Å². The van der Waals surface area contributed by atoms with Crippen LogP contribution in [-0.4, -0.2) is 46.8 Å². The molecule has 21 heavy (non-hydrogen) atoms. The Morgan fingerprint density at radius 2 is 2.38 bits per heavy atom. The Morgan fingerprint density at radius 1 is 1.62 bits per heavy atom. The Kier molecular flexibility index (Phi) is 5.00. The Labute approximate surface area is 125 Å². The van der Waals surface area contributed by atoms with Crippen molar-refractivity contribution < 1.29 is 14.4 Å². The smallest absolute Gasteiger partial charge is 0.221 e. The van der Waals surface area contributed by atoms with Gasteiger partial charge in [0.05, 0.1) is 24.4 Å². The molecule has 1 aromatic rings. The minimum atomic E-state index is -0.481. The summed E-state index contributed by atoms with van der Waals surface area (Å²) in [6.07, 6.45) is 2.11. The SMILES string of the molecule is CNC(=O)C[C@@]1(CO)CCCN1Cc1cc(C(C)C)no1. The van der Waals surface area contributed by atoms with Crippen molar-refractivity contribution in [2.24, 2.45) is 0 Å². The van der Waals surface area contributed by atoms with Crippen LogP contribution in [-0.2, 0) is 11.3 Å². The minimum Gasteiger partial charge on any atom is -0.394 e. The Morgan fingerprint density at radius 3 is 2.95 bits per heavy atom. The number of aliphatic hydroxyl groups is 1. The maximum absolute atomic E-state index is 11.7. The molecule has 0 radical (unpaired) electrons. The fraction of sp³-hybridized carbons (Fsp3) is 0.733. The second-order valence-corrected chi connectivity index (χ2v) is 6.13. The van der Waals surface area contributed by atoms with Gasteiger partial charge in [-0.25, -0.2) is 0 Å². The number of aromatic nitrogens is 1. The monoisotopic (exact) mass is 295 g/mol. The van der Waals surface area contributed by atoms with E-state index < -0.39 is 5.54 Å². The van der Waals surface area contributed by atoms with Crippen LogP contribution in [0.3, 0.4) is 0 Å². The first kappa shape index (κ1) is 16.0. The second-order valence-electron chi connectivity index (χ2n) is 6.13. The summed E-state index contributed by atoms with van der Waals surface area (Å²) in [5.41, 5.74) is 0.454. The highest BCUT2D eigenvalue weighted by atomic mass is 16.5. The zero-order valence-electron chi connectivity index (χ0n) is 13.1. The van der Waals surface area contributed by atoms with Crippen LogP contribution in [0.4, 0.5) is 0 Å². The average Bonchev–Trinajstić information content (AvgIpc) is 3.07. The molecule has 2 rings (SSSR count). The molecule has 0 aromatic carbocycles. The second kappa shape index (κ2) is 6.58. The molecule has 1 amide bonds. The molecule has 6 nitrogen and oxygen atoms in total. The lowest BCUT2D eigenvalue weighted by Gasteiger charge is -2.35. The molecule has 0 unspecified atom stereocenters. The molecule has 1 fully saturated rings. The molecule has 0 bridgehead atoms. The molecule has 1 aliphatic rings. The van der Waals surface area contributed by atoms with Crippen molar-refractivity contribution in [3.05, 3.63) is 17.5 Å². The summed E-state index contributed by atoms with van der Waals surface area (Å²) in [5, 5.41) is 16.5. The normalized spacial score (nSPS) is 22.9. The number of carbonyl (C=O) groups excluding carboxylic acids is 1. The van der Waals surface area contributed by atoms with Gasteiger partial charge in [-0.1, -0.05) is 19.0 Å². The molecule has 0 saturated carbocycles. The zero-order valence-corrected chi connectivity index (χ0v) is 13.1. The van der Waals surface area contributed by atoms with E-state index in [0.29, 0.717) is 18.9 Å². The molecule has 6 heteroatoms. The summed E-state index contributed by atoms with van der Waals surface area (Å²) in [5.74, 6) is 1.07. The highest BCUT2D eigenvalue weighted by Crippen LogP contribution is 2.33. The topological polar surface area (TPSA) is 78.6 Å². The number of nitrogens with zero attached hydrogens (tertiary/aromatic N) is 2. The van der Waals surface area contributed by atoms with E-state index in [2.05, 4.69) is 29.2 Å². The number of aliphatic hydroxyl groups excluding tert-OH is 1. The van der Waals surface area contributed by atoms with E-state index in [0.717, 1.165) is 30.8 Å². The van der Waals surface area contributed by atoms with Crippen LogP contribution in [0.15, 0.2) is 10.6 Å². The highest BCUT2D eigenvalue weighted by molar-refractivity contribution is 5.77. The van der Waals surface area contributed by atoms with Crippen LogP contribution >= 0.6 is 0 Å². The third-order valence-electron chi connectivity index (χ3n) is 4.32. The van der Waals surface area contributed by atoms with E-state index in [1.807, 2.05) is 6.07 Å². The maximum Gasteiger partial charge on any atom is 0.221 e. The quantitative estimate of drug-likeness (QED) is 0.826. The summed E-state index contributed by atoms with van der Waals surface area (Å²) in [6, 6.07) is 1.96. The highest BCUT2D eigenvalue weighted by Gasteiger charge is 2.42. The minimum absolute atomic E-state index is 0.0222. The molecule has 2 N–H and O–H groups in total. The number of carbonyl (C=O) groups is 1. The van der Waals surface area contributed by atoms with Crippen LogP contribution in [0.5, 0.6) is 0 Å². The predicted molar refractivity (Wildman–Crippen MR) is 78.7 cm³/mol. The molecule has 1 atom stereocenters. The van der Waals surface area contributed by atoms with Gasteiger partial charge in [0.25, 0.3) is 0 Å². The van der Waals surface area contributed by atoms with Crippen molar-refractivity contribution in [1.29, 1.82) is 0 Å². The summed E-state index contributed by atoms with van der Waals surface area (Å²) >= 11 is 0. The fourth-order valence-corrected chi connectivity index (χ4v) is 2.93. The standard InChI is InChI=1S/C15H25N3O3/c1-11(2)13-7-12(21-17-13)9-18-6-4-5-15(18,10-19)8-14(20)16-3/h7,11,19H,4-6,8-10H2,1-3H3,(H,16,20)/t15-/m1/s1. The average molecular weight is 295 g/mol. The molecular formula is C15H25N3O3. The lowest BCUT2D eigenvalue weighted by Crippen LogP contribution is -2.49. The Balaban J connectivity index is 2.10.